The lowest BCUT2D eigenvalue weighted by atomic mass is 9.95. The van der Waals surface area contributed by atoms with E-state index in [2.05, 4.69) is 10.6 Å². The average Bonchev–Trinajstić information content (AvgIpc) is 3.08. The highest BCUT2D eigenvalue weighted by Gasteiger charge is 2.52. The van der Waals surface area contributed by atoms with Crippen LogP contribution in [0.5, 0.6) is 0 Å². The van der Waals surface area contributed by atoms with Crippen molar-refractivity contribution in [3.63, 3.8) is 0 Å². The molecule has 46 heavy (non-hydrogen) atoms. The lowest BCUT2D eigenvalue weighted by Crippen LogP contribution is -2.68. The van der Waals surface area contributed by atoms with E-state index in [0.717, 1.165) is 16.7 Å². The Morgan fingerprint density at radius 1 is 0.848 bits per heavy atom. The SMILES string of the molecule is CC(=O)N[C@@H]1[C@H](OCc2ccccc2)O[C@H]2CO[C@@H](c3ccccc3)O[C@H]2[C@@H]1O[C@H](C)C(=O)N[C@@H](C)C(=O)OCc1ccccc1. The molecule has 0 unspecified atom stereocenters. The van der Waals surface area contributed by atoms with Gasteiger partial charge in [0, 0.05) is 12.5 Å². The maximum atomic E-state index is 13.3. The molecule has 2 N–H and O–H groups in total. The summed E-state index contributed by atoms with van der Waals surface area (Å²) in [5.74, 6) is -1.46. The first kappa shape index (κ1) is 33.2. The second-order valence-corrected chi connectivity index (χ2v) is 11.3. The van der Waals surface area contributed by atoms with Crippen LogP contribution in [0.15, 0.2) is 91.0 Å². The molecule has 3 aromatic rings. The molecule has 2 heterocycles. The molecule has 0 spiro atoms. The van der Waals surface area contributed by atoms with Crippen LogP contribution in [0.3, 0.4) is 0 Å². The van der Waals surface area contributed by atoms with Gasteiger partial charge in [0.05, 0.1) is 13.2 Å². The number of fused-ring (bicyclic) bond motifs is 1. The lowest BCUT2D eigenvalue weighted by molar-refractivity contribution is -0.351. The van der Waals surface area contributed by atoms with E-state index in [4.69, 9.17) is 28.4 Å². The highest BCUT2D eigenvalue weighted by atomic mass is 16.8. The van der Waals surface area contributed by atoms with Crippen LogP contribution in [0.25, 0.3) is 0 Å². The van der Waals surface area contributed by atoms with Gasteiger partial charge in [-0.05, 0) is 25.0 Å². The predicted molar refractivity (Wildman–Crippen MR) is 166 cm³/mol. The van der Waals surface area contributed by atoms with E-state index in [9.17, 15) is 14.4 Å². The Balaban J connectivity index is 1.31. The second-order valence-electron chi connectivity index (χ2n) is 11.3. The third-order valence-corrected chi connectivity index (χ3v) is 7.70. The predicted octanol–water partition coefficient (Wildman–Crippen LogP) is 3.57. The van der Waals surface area contributed by atoms with E-state index in [0.29, 0.717) is 0 Å². The summed E-state index contributed by atoms with van der Waals surface area (Å²) < 4.78 is 36.7. The maximum absolute atomic E-state index is 13.3. The first-order valence-electron chi connectivity index (χ1n) is 15.3. The molecule has 0 saturated carbocycles. The number of ether oxygens (including phenoxy) is 6. The van der Waals surface area contributed by atoms with E-state index in [1.165, 1.54) is 6.92 Å². The molecule has 2 amide bonds. The summed E-state index contributed by atoms with van der Waals surface area (Å²) in [5.41, 5.74) is 2.54. The zero-order chi connectivity index (χ0) is 32.5. The molecule has 0 bridgehead atoms. The zero-order valence-electron chi connectivity index (χ0n) is 26.1. The van der Waals surface area contributed by atoms with E-state index in [-0.39, 0.29) is 25.7 Å². The number of benzene rings is 3. The van der Waals surface area contributed by atoms with Gasteiger partial charge in [-0.15, -0.1) is 0 Å². The minimum absolute atomic E-state index is 0.0852. The number of amides is 2. The Hall–Kier alpha value is -4.13. The first-order valence-corrected chi connectivity index (χ1v) is 15.3. The molecule has 11 heteroatoms. The molecular formula is C35H40N2O9. The third-order valence-electron chi connectivity index (χ3n) is 7.70. The number of hydrogen-bond acceptors (Lipinski definition) is 9. The molecule has 0 aliphatic carbocycles. The molecule has 244 valence electrons. The fourth-order valence-electron chi connectivity index (χ4n) is 5.34. The van der Waals surface area contributed by atoms with Crippen LogP contribution in [-0.2, 0) is 56.0 Å². The number of rotatable bonds is 12. The van der Waals surface area contributed by atoms with E-state index in [1.54, 1.807) is 13.8 Å². The quantitative estimate of drug-likeness (QED) is 0.288. The highest BCUT2D eigenvalue weighted by molar-refractivity contribution is 5.86. The first-order chi connectivity index (χ1) is 22.3. The molecule has 2 aliphatic rings. The van der Waals surface area contributed by atoms with E-state index >= 15 is 0 Å². The fraction of sp³-hybridized carbons (Fsp3) is 0.400. The number of carbonyl (C=O) groups is 3. The zero-order valence-corrected chi connectivity index (χ0v) is 26.1. The van der Waals surface area contributed by atoms with E-state index in [1.807, 2.05) is 91.0 Å². The molecule has 2 saturated heterocycles. The van der Waals surface area contributed by atoms with Gasteiger partial charge >= 0.3 is 5.97 Å². The largest absolute Gasteiger partial charge is 0.459 e. The van der Waals surface area contributed by atoms with E-state index < -0.39 is 61.0 Å². The topological polar surface area (TPSA) is 131 Å². The van der Waals surface area contributed by atoms with Crippen molar-refractivity contribution in [1.29, 1.82) is 0 Å². The maximum Gasteiger partial charge on any atom is 0.328 e. The molecule has 3 aromatic carbocycles. The monoisotopic (exact) mass is 632 g/mol. The third kappa shape index (κ3) is 8.77. The van der Waals surface area contributed by atoms with Crippen molar-refractivity contribution in [1.82, 2.24) is 10.6 Å². The number of esters is 1. The van der Waals surface area contributed by atoms with Gasteiger partial charge in [0.15, 0.2) is 12.6 Å². The Kier molecular flexibility index (Phi) is 11.5. The Morgan fingerprint density at radius 3 is 2.09 bits per heavy atom. The molecule has 11 nitrogen and oxygen atoms in total. The second kappa shape index (κ2) is 15.9. The average molecular weight is 633 g/mol. The minimum atomic E-state index is -1.05. The van der Waals surface area contributed by atoms with Crippen LogP contribution in [-0.4, -0.2) is 67.2 Å². The van der Waals surface area contributed by atoms with Gasteiger partial charge in [-0.2, -0.15) is 0 Å². The van der Waals surface area contributed by atoms with Crippen molar-refractivity contribution in [3.05, 3.63) is 108 Å². The summed E-state index contributed by atoms with van der Waals surface area (Å²) in [7, 11) is 0. The normalized spacial score (nSPS) is 25.4. The van der Waals surface area contributed by atoms with Crippen molar-refractivity contribution in [3.8, 4) is 0 Å². The molecule has 0 radical (unpaired) electrons. The molecular weight excluding hydrogens is 592 g/mol. The van der Waals surface area contributed by atoms with Crippen molar-refractivity contribution >= 4 is 17.8 Å². The molecule has 2 aliphatic heterocycles. The molecule has 5 rings (SSSR count). The van der Waals surface area contributed by atoms with Gasteiger partial charge in [0.2, 0.25) is 11.8 Å². The summed E-state index contributed by atoms with van der Waals surface area (Å²) in [6.07, 6.45) is -4.98. The Labute approximate surface area is 268 Å². The number of hydrogen-bond donors (Lipinski definition) is 2. The van der Waals surface area contributed by atoms with Gasteiger partial charge in [0.1, 0.15) is 43.1 Å². The molecule has 2 fully saturated rings. The van der Waals surface area contributed by atoms with Crippen molar-refractivity contribution in [2.24, 2.45) is 0 Å². The van der Waals surface area contributed by atoms with Crippen LogP contribution >= 0.6 is 0 Å². The van der Waals surface area contributed by atoms with Crippen LogP contribution in [0.2, 0.25) is 0 Å². The number of nitrogens with one attached hydrogen (secondary N) is 2. The fourth-order valence-corrected chi connectivity index (χ4v) is 5.34. The number of carbonyl (C=O) groups excluding carboxylic acids is 3. The van der Waals surface area contributed by atoms with Crippen LogP contribution < -0.4 is 10.6 Å². The highest BCUT2D eigenvalue weighted by Crippen LogP contribution is 2.36. The van der Waals surface area contributed by atoms with Gasteiger partial charge < -0.3 is 39.1 Å². The smallest absolute Gasteiger partial charge is 0.328 e. The Bertz CT molecular complexity index is 1430. The van der Waals surface area contributed by atoms with Crippen molar-refractivity contribution in [2.45, 2.75) is 83.1 Å². The molecule has 0 aromatic heterocycles. The van der Waals surface area contributed by atoms with Gasteiger partial charge in [-0.3, -0.25) is 9.59 Å². The van der Waals surface area contributed by atoms with Crippen molar-refractivity contribution < 1.29 is 42.8 Å². The Morgan fingerprint density at radius 2 is 1.46 bits per heavy atom. The summed E-state index contributed by atoms with van der Waals surface area (Å²) >= 11 is 0. The summed E-state index contributed by atoms with van der Waals surface area (Å²) in [6, 6.07) is 26.5. The van der Waals surface area contributed by atoms with Crippen molar-refractivity contribution in [2.75, 3.05) is 6.61 Å². The molecule has 8 atom stereocenters. The van der Waals surface area contributed by atoms with Crippen LogP contribution in [0.1, 0.15) is 43.8 Å². The van der Waals surface area contributed by atoms with Gasteiger partial charge in [-0.25, -0.2) is 4.79 Å². The standard InChI is InChI=1S/C35H40N2O9/c1-22(33(40)41-19-25-13-7-4-8-14-25)36-32(39)23(2)44-31-29(37-24(3)38)35(42-20-26-15-9-5-10-16-26)45-28-21-43-34(46-30(28)31)27-17-11-6-12-18-27/h4-18,22-23,28-31,34-35H,19-21H2,1-3H3,(H,36,39)(H,37,38)/t22-,23+,28-,29-,30+,31+,34+,35+/m0/s1. The van der Waals surface area contributed by atoms with Crippen LogP contribution in [0, 0.1) is 0 Å². The van der Waals surface area contributed by atoms with Crippen LogP contribution in [0.4, 0.5) is 0 Å². The minimum Gasteiger partial charge on any atom is -0.459 e. The lowest BCUT2D eigenvalue weighted by Gasteiger charge is -2.49. The van der Waals surface area contributed by atoms with Gasteiger partial charge in [0.25, 0.3) is 0 Å². The van der Waals surface area contributed by atoms with Gasteiger partial charge in [-0.1, -0.05) is 91.0 Å². The summed E-state index contributed by atoms with van der Waals surface area (Å²) in [5, 5.41) is 5.57. The summed E-state index contributed by atoms with van der Waals surface area (Å²) in [4.78, 5) is 38.4. The summed E-state index contributed by atoms with van der Waals surface area (Å²) in [6.45, 7) is 4.95.